The second kappa shape index (κ2) is 5.05. The fourth-order valence-corrected chi connectivity index (χ4v) is 3.01. The number of H-pyrrole nitrogens is 1. The van der Waals surface area contributed by atoms with Crippen LogP contribution in [0.3, 0.4) is 0 Å². The molecule has 0 aliphatic carbocycles. The van der Waals surface area contributed by atoms with Crippen LogP contribution in [0, 0.1) is 5.82 Å². The second-order valence-corrected chi connectivity index (χ2v) is 5.57. The van der Waals surface area contributed by atoms with Crippen molar-refractivity contribution < 1.29 is 9.18 Å². The number of nitrogens with zero attached hydrogens (tertiary/aromatic N) is 3. The van der Waals surface area contributed by atoms with E-state index >= 15 is 0 Å². The number of carbonyl (C=O) groups is 1. The van der Waals surface area contributed by atoms with E-state index in [4.69, 9.17) is 5.73 Å². The third-order valence-electron chi connectivity index (χ3n) is 4.14. The number of carbonyl (C=O) groups excluding carboxylic acids is 1. The van der Waals surface area contributed by atoms with Gasteiger partial charge in [0.1, 0.15) is 17.3 Å². The van der Waals surface area contributed by atoms with Crippen LogP contribution in [0.5, 0.6) is 0 Å². The lowest BCUT2D eigenvalue weighted by molar-refractivity contribution is 0.0995. The monoisotopic (exact) mass is 311 g/mol. The summed E-state index contributed by atoms with van der Waals surface area (Å²) in [5.41, 5.74) is 8.48. The van der Waals surface area contributed by atoms with Crippen LogP contribution in [0.2, 0.25) is 0 Å². The Labute approximate surface area is 131 Å². The van der Waals surface area contributed by atoms with Crippen molar-refractivity contribution in [3.8, 4) is 0 Å². The zero-order valence-electron chi connectivity index (χ0n) is 12.2. The first kappa shape index (κ1) is 13.7. The van der Waals surface area contributed by atoms with Crippen LogP contribution in [0.1, 0.15) is 21.7 Å². The minimum Gasteiger partial charge on any atom is -0.364 e. The molecule has 0 atom stereocenters. The second-order valence-electron chi connectivity index (χ2n) is 5.57. The molecule has 0 unspecified atom stereocenters. The Morgan fingerprint density at radius 2 is 2.22 bits per heavy atom. The normalized spacial score (nSPS) is 14.0. The van der Waals surface area contributed by atoms with Crippen LogP contribution in [-0.4, -0.2) is 27.4 Å². The first-order chi connectivity index (χ1) is 11.1. The standard InChI is InChI=1S/C16H14FN5O/c17-9-1-2-12-10(5-9)11-8-22(4-3-13(11)20-12)15-7-19-6-14(21-15)16(18)23/h1-2,5-7,20H,3-4,8H2,(H2,18,23). The summed E-state index contributed by atoms with van der Waals surface area (Å²) in [5, 5.41) is 0.878. The number of aromatic amines is 1. The number of nitrogens with one attached hydrogen (secondary N) is 1. The summed E-state index contributed by atoms with van der Waals surface area (Å²) in [4.78, 5) is 24.9. The summed E-state index contributed by atoms with van der Waals surface area (Å²) in [6, 6.07) is 4.74. The first-order valence-corrected chi connectivity index (χ1v) is 7.27. The van der Waals surface area contributed by atoms with Gasteiger partial charge < -0.3 is 15.6 Å². The summed E-state index contributed by atoms with van der Waals surface area (Å²) >= 11 is 0. The van der Waals surface area contributed by atoms with E-state index < -0.39 is 5.91 Å². The molecule has 0 saturated carbocycles. The van der Waals surface area contributed by atoms with E-state index in [1.807, 2.05) is 4.90 Å². The molecule has 116 valence electrons. The molecule has 0 radical (unpaired) electrons. The van der Waals surface area contributed by atoms with Gasteiger partial charge in [-0.2, -0.15) is 0 Å². The van der Waals surface area contributed by atoms with Crippen molar-refractivity contribution in [1.82, 2.24) is 15.0 Å². The number of halogens is 1. The lowest BCUT2D eigenvalue weighted by atomic mass is 10.0. The van der Waals surface area contributed by atoms with Crippen LogP contribution in [0.25, 0.3) is 10.9 Å². The number of rotatable bonds is 2. The minimum absolute atomic E-state index is 0.137. The van der Waals surface area contributed by atoms with Crippen LogP contribution in [0.15, 0.2) is 30.6 Å². The van der Waals surface area contributed by atoms with E-state index in [2.05, 4.69) is 15.0 Å². The van der Waals surface area contributed by atoms with Crippen molar-refractivity contribution in [2.24, 2.45) is 5.73 Å². The van der Waals surface area contributed by atoms with Crippen LogP contribution >= 0.6 is 0 Å². The fraction of sp³-hybridized carbons (Fsp3) is 0.188. The van der Waals surface area contributed by atoms with Crippen LogP contribution < -0.4 is 10.6 Å². The van der Waals surface area contributed by atoms with Crippen molar-refractivity contribution in [1.29, 1.82) is 0 Å². The van der Waals surface area contributed by atoms with Crippen molar-refractivity contribution in [2.45, 2.75) is 13.0 Å². The van der Waals surface area contributed by atoms with Gasteiger partial charge in [-0.25, -0.2) is 9.37 Å². The molecule has 0 saturated heterocycles. The van der Waals surface area contributed by atoms with E-state index in [1.54, 1.807) is 18.3 Å². The van der Waals surface area contributed by atoms with Gasteiger partial charge in [-0.1, -0.05) is 0 Å². The minimum atomic E-state index is -0.605. The first-order valence-electron chi connectivity index (χ1n) is 7.27. The van der Waals surface area contributed by atoms with Gasteiger partial charge in [0.25, 0.3) is 5.91 Å². The number of nitrogens with two attached hydrogens (primary N) is 1. The van der Waals surface area contributed by atoms with E-state index in [0.29, 0.717) is 12.4 Å². The van der Waals surface area contributed by atoms with Crippen LogP contribution in [0.4, 0.5) is 10.2 Å². The van der Waals surface area contributed by atoms with Crippen LogP contribution in [-0.2, 0) is 13.0 Å². The largest absolute Gasteiger partial charge is 0.364 e. The summed E-state index contributed by atoms with van der Waals surface area (Å²) in [7, 11) is 0. The maximum atomic E-state index is 13.5. The quantitative estimate of drug-likeness (QED) is 0.755. The van der Waals surface area contributed by atoms with Crippen molar-refractivity contribution in [3.05, 3.63) is 53.4 Å². The molecule has 7 heteroatoms. The van der Waals surface area contributed by atoms with Gasteiger partial charge >= 0.3 is 0 Å². The van der Waals surface area contributed by atoms with Crippen molar-refractivity contribution in [3.63, 3.8) is 0 Å². The fourth-order valence-electron chi connectivity index (χ4n) is 3.01. The van der Waals surface area contributed by atoms with E-state index in [9.17, 15) is 9.18 Å². The molecule has 3 N–H and O–H groups in total. The molecular weight excluding hydrogens is 297 g/mol. The number of hydrogen-bond acceptors (Lipinski definition) is 4. The van der Waals surface area contributed by atoms with Gasteiger partial charge in [-0.05, 0) is 18.2 Å². The summed E-state index contributed by atoms with van der Waals surface area (Å²) in [6.07, 6.45) is 3.74. The number of anilines is 1. The Kier molecular flexibility index (Phi) is 3.00. The predicted octanol–water partition coefficient (Wildman–Crippen LogP) is 1.76. The highest BCUT2D eigenvalue weighted by atomic mass is 19.1. The molecule has 0 bridgehead atoms. The molecule has 1 aliphatic rings. The number of hydrogen-bond donors (Lipinski definition) is 2. The summed E-state index contributed by atoms with van der Waals surface area (Å²) in [5.74, 6) is -0.268. The summed E-state index contributed by atoms with van der Waals surface area (Å²) in [6.45, 7) is 1.31. The van der Waals surface area contributed by atoms with Gasteiger partial charge in [0.2, 0.25) is 0 Å². The number of fused-ring (bicyclic) bond motifs is 3. The predicted molar refractivity (Wildman–Crippen MR) is 83.6 cm³/mol. The molecule has 3 heterocycles. The molecule has 2 aromatic heterocycles. The Bertz CT molecular complexity index is 920. The average molecular weight is 311 g/mol. The third-order valence-corrected chi connectivity index (χ3v) is 4.14. The van der Waals surface area contributed by atoms with Crippen molar-refractivity contribution >= 4 is 22.6 Å². The Morgan fingerprint density at radius 1 is 1.35 bits per heavy atom. The molecule has 1 aliphatic heterocycles. The zero-order valence-corrected chi connectivity index (χ0v) is 12.2. The van der Waals surface area contributed by atoms with Gasteiger partial charge in [-0.15, -0.1) is 0 Å². The summed E-state index contributed by atoms with van der Waals surface area (Å²) < 4.78 is 13.5. The number of aromatic nitrogens is 3. The highest BCUT2D eigenvalue weighted by Gasteiger charge is 2.22. The molecule has 23 heavy (non-hydrogen) atoms. The highest BCUT2D eigenvalue weighted by molar-refractivity contribution is 5.90. The number of amides is 1. The van der Waals surface area contributed by atoms with E-state index in [-0.39, 0.29) is 11.5 Å². The molecule has 1 amide bonds. The SMILES string of the molecule is NC(=O)c1cncc(N2CCc3[nH]c4ccc(F)cc4c3C2)n1. The van der Waals surface area contributed by atoms with Gasteiger partial charge in [0, 0.05) is 41.7 Å². The van der Waals surface area contributed by atoms with Gasteiger partial charge in [-0.3, -0.25) is 9.78 Å². The Balaban J connectivity index is 1.73. The maximum absolute atomic E-state index is 13.5. The Hall–Kier alpha value is -2.96. The van der Waals surface area contributed by atoms with Gasteiger partial charge in [0.15, 0.2) is 0 Å². The average Bonchev–Trinajstić information content (AvgIpc) is 2.92. The molecule has 6 nitrogen and oxygen atoms in total. The molecule has 0 fully saturated rings. The Morgan fingerprint density at radius 3 is 3.04 bits per heavy atom. The van der Waals surface area contributed by atoms with E-state index in [0.717, 1.165) is 35.1 Å². The molecule has 4 rings (SSSR count). The van der Waals surface area contributed by atoms with E-state index in [1.165, 1.54) is 12.3 Å². The molecule has 3 aromatic rings. The topological polar surface area (TPSA) is 87.9 Å². The number of benzene rings is 1. The van der Waals surface area contributed by atoms with Gasteiger partial charge in [0.05, 0.1) is 12.4 Å². The molecule has 1 aromatic carbocycles. The van der Waals surface area contributed by atoms with Crippen molar-refractivity contribution in [2.75, 3.05) is 11.4 Å². The maximum Gasteiger partial charge on any atom is 0.268 e. The zero-order chi connectivity index (χ0) is 16.0. The lowest BCUT2D eigenvalue weighted by Gasteiger charge is -2.28. The molecular formula is C16H14FN5O. The highest BCUT2D eigenvalue weighted by Crippen LogP contribution is 2.29. The third kappa shape index (κ3) is 2.30. The lowest BCUT2D eigenvalue weighted by Crippen LogP contribution is -2.31. The smallest absolute Gasteiger partial charge is 0.268 e. The number of primary amides is 1. The molecule has 0 spiro atoms.